The second kappa shape index (κ2) is 6.86. The highest BCUT2D eigenvalue weighted by molar-refractivity contribution is 6.23. The number of benzene rings is 5. The highest BCUT2D eigenvalue weighted by Crippen LogP contribution is 2.52. The lowest BCUT2D eigenvalue weighted by Crippen LogP contribution is -2.12. The van der Waals surface area contributed by atoms with Crippen molar-refractivity contribution in [3.63, 3.8) is 0 Å². The highest BCUT2D eigenvalue weighted by Gasteiger charge is 2.31. The number of nitrogens with zero attached hydrogens (tertiary/aromatic N) is 1. The van der Waals surface area contributed by atoms with E-state index in [0.717, 1.165) is 66.4 Å². The quantitative estimate of drug-likeness (QED) is 0.244. The molecule has 36 heavy (non-hydrogen) atoms. The van der Waals surface area contributed by atoms with Gasteiger partial charge in [-0.2, -0.15) is 0 Å². The van der Waals surface area contributed by atoms with E-state index in [1.165, 1.54) is 17.9 Å². The summed E-state index contributed by atoms with van der Waals surface area (Å²) in [6.45, 7) is 0. The van der Waals surface area contributed by atoms with Crippen LogP contribution in [0.5, 0.6) is 0 Å². The summed E-state index contributed by atoms with van der Waals surface area (Å²) >= 11 is 0. The molecule has 170 valence electrons. The van der Waals surface area contributed by atoms with E-state index in [4.69, 9.17) is 9.15 Å². The Balaban J connectivity index is 1.41. The maximum Gasteiger partial charge on any atom is 0.418 e. The van der Waals surface area contributed by atoms with Gasteiger partial charge in [0.1, 0.15) is 11.2 Å². The molecule has 0 unspecified atom stereocenters. The lowest BCUT2D eigenvalue weighted by Gasteiger charge is -2.10. The van der Waals surface area contributed by atoms with Crippen LogP contribution in [0, 0.1) is 0 Å². The van der Waals surface area contributed by atoms with Gasteiger partial charge in [-0.05, 0) is 51.7 Å². The van der Waals surface area contributed by atoms with Gasteiger partial charge in [-0.3, -0.25) is 0 Å². The zero-order chi connectivity index (χ0) is 24.0. The number of methoxy groups -OCH3 is 1. The van der Waals surface area contributed by atoms with Crippen molar-refractivity contribution in [3.8, 4) is 33.5 Å². The van der Waals surface area contributed by atoms with Crippen LogP contribution >= 0.6 is 0 Å². The number of aromatic nitrogens is 1. The summed E-state index contributed by atoms with van der Waals surface area (Å²) in [5.74, 6) is 0. The monoisotopic (exact) mass is 465 g/mol. The summed E-state index contributed by atoms with van der Waals surface area (Å²) in [5.41, 5.74) is 8.89. The fourth-order valence-corrected chi connectivity index (χ4v) is 5.93. The van der Waals surface area contributed by atoms with Gasteiger partial charge in [-0.15, -0.1) is 0 Å². The molecular formula is C32H19NO3. The standard InChI is InChI=1S/C32H19NO3/c1-35-32(34)33-26-17-20(19-13-15-28-25(16-19)21-8-2-3-11-27(21)36-28)12-14-22(26)30-23-9-4-6-18-7-5-10-24(29(18)23)31(30)33/h2-17H,1H3. The predicted molar refractivity (Wildman–Crippen MR) is 144 cm³/mol. The third-order valence-electron chi connectivity index (χ3n) is 7.46. The maximum atomic E-state index is 13.2. The average molecular weight is 466 g/mol. The van der Waals surface area contributed by atoms with Gasteiger partial charge in [0, 0.05) is 27.3 Å². The number of hydrogen-bond acceptors (Lipinski definition) is 3. The molecule has 0 aliphatic heterocycles. The zero-order valence-electron chi connectivity index (χ0n) is 19.4. The van der Waals surface area contributed by atoms with Gasteiger partial charge in [0.15, 0.2) is 0 Å². The van der Waals surface area contributed by atoms with E-state index < -0.39 is 0 Å². The first-order valence-electron chi connectivity index (χ1n) is 11.9. The van der Waals surface area contributed by atoms with Gasteiger partial charge in [-0.25, -0.2) is 9.36 Å². The van der Waals surface area contributed by atoms with Gasteiger partial charge in [-0.1, -0.05) is 72.8 Å². The molecule has 1 aliphatic rings. The normalized spacial score (nSPS) is 12.1. The number of rotatable bonds is 1. The SMILES string of the molecule is COC(=O)n1c2c(c3ccc(-c4ccc5oc6ccccc6c5c4)cc31)-c1cccc3cccc-2c13. The Morgan fingerprint density at radius 2 is 1.47 bits per heavy atom. The molecule has 7 aromatic rings. The van der Waals surface area contributed by atoms with E-state index in [1.54, 1.807) is 4.57 Å². The second-order valence-corrected chi connectivity index (χ2v) is 9.28. The van der Waals surface area contributed by atoms with Crippen molar-refractivity contribution in [2.75, 3.05) is 7.11 Å². The Labute approximate surface area is 205 Å². The van der Waals surface area contributed by atoms with Gasteiger partial charge < -0.3 is 9.15 Å². The highest BCUT2D eigenvalue weighted by atomic mass is 16.5. The molecule has 2 aromatic heterocycles. The molecule has 0 radical (unpaired) electrons. The number of carbonyl (C=O) groups is 1. The fourth-order valence-electron chi connectivity index (χ4n) is 5.93. The van der Waals surface area contributed by atoms with Gasteiger partial charge >= 0.3 is 6.09 Å². The summed E-state index contributed by atoms with van der Waals surface area (Å²) in [6.07, 6.45) is -0.389. The van der Waals surface area contributed by atoms with Gasteiger partial charge in [0.05, 0.1) is 18.3 Å². The number of carbonyl (C=O) groups excluding carboxylic acids is 1. The first-order chi connectivity index (χ1) is 17.7. The molecule has 5 aromatic carbocycles. The molecule has 8 rings (SSSR count). The van der Waals surface area contributed by atoms with Crippen LogP contribution in [0.15, 0.2) is 101 Å². The molecule has 0 spiro atoms. The average Bonchev–Trinajstić information content (AvgIpc) is 3.57. The van der Waals surface area contributed by atoms with Crippen LogP contribution in [0.2, 0.25) is 0 Å². The van der Waals surface area contributed by atoms with Crippen molar-refractivity contribution >= 4 is 49.7 Å². The number of ether oxygens (including phenoxy) is 1. The second-order valence-electron chi connectivity index (χ2n) is 9.28. The molecule has 1 aliphatic carbocycles. The van der Waals surface area contributed by atoms with E-state index in [1.807, 2.05) is 30.3 Å². The molecule has 0 saturated carbocycles. The third-order valence-corrected chi connectivity index (χ3v) is 7.46. The minimum atomic E-state index is -0.389. The van der Waals surface area contributed by atoms with Crippen molar-refractivity contribution in [1.82, 2.24) is 4.57 Å². The fraction of sp³-hybridized carbons (Fsp3) is 0.0312. The summed E-state index contributed by atoms with van der Waals surface area (Å²) in [5, 5.41) is 5.57. The summed E-state index contributed by atoms with van der Waals surface area (Å²) < 4.78 is 13.0. The van der Waals surface area contributed by atoms with Crippen LogP contribution in [-0.4, -0.2) is 17.8 Å². The molecule has 0 atom stereocenters. The van der Waals surface area contributed by atoms with E-state index in [9.17, 15) is 4.79 Å². The van der Waals surface area contributed by atoms with E-state index in [0.29, 0.717) is 0 Å². The van der Waals surface area contributed by atoms with Crippen molar-refractivity contribution in [2.24, 2.45) is 0 Å². The lowest BCUT2D eigenvalue weighted by molar-refractivity contribution is 0.174. The molecule has 2 heterocycles. The summed E-state index contributed by atoms with van der Waals surface area (Å²) in [6, 6.07) is 33.3. The molecule has 0 amide bonds. The number of para-hydroxylation sites is 1. The smallest absolute Gasteiger partial charge is 0.418 e. The van der Waals surface area contributed by atoms with Crippen LogP contribution in [0.3, 0.4) is 0 Å². The lowest BCUT2D eigenvalue weighted by atomic mass is 9.99. The van der Waals surface area contributed by atoms with Crippen LogP contribution in [-0.2, 0) is 4.74 Å². The summed E-state index contributed by atoms with van der Waals surface area (Å²) in [7, 11) is 1.44. The topological polar surface area (TPSA) is 44.4 Å². The van der Waals surface area contributed by atoms with E-state index in [-0.39, 0.29) is 6.09 Å². The first-order valence-corrected chi connectivity index (χ1v) is 11.9. The number of furan rings is 1. The maximum absolute atomic E-state index is 13.2. The van der Waals surface area contributed by atoms with Crippen LogP contribution in [0.4, 0.5) is 4.79 Å². The molecule has 4 heteroatoms. The van der Waals surface area contributed by atoms with E-state index in [2.05, 4.69) is 66.7 Å². The first kappa shape index (κ1) is 19.5. The molecular weight excluding hydrogens is 446 g/mol. The van der Waals surface area contributed by atoms with E-state index >= 15 is 0 Å². The van der Waals surface area contributed by atoms with Crippen molar-refractivity contribution in [2.45, 2.75) is 0 Å². The molecule has 4 nitrogen and oxygen atoms in total. The van der Waals surface area contributed by atoms with Crippen LogP contribution < -0.4 is 0 Å². The minimum absolute atomic E-state index is 0.389. The van der Waals surface area contributed by atoms with Crippen molar-refractivity contribution in [1.29, 1.82) is 0 Å². The third kappa shape index (κ3) is 2.40. The molecule has 0 fully saturated rings. The minimum Gasteiger partial charge on any atom is -0.456 e. The summed E-state index contributed by atoms with van der Waals surface area (Å²) in [4.78, 5) is 13.2. The number of hydrogen-bond donors (Lipinski definition) is 0. The molecule has 0 bridgehead atoms. The molecule has 0 N–H and O–H groups in total. The number of fused-ring (bicyclic) bond motifs is 8. The predicted octanol–water partition coefficient (Wildman–Crippen LogP) is 8.62. The van der Waals surface area contributed by atoms with Gasteiger partial charge in [0.25, 0.3) is 0 Å². The Kier molecular flexibility index (Phi) is 3.71. The Bertz CT molecular complexity index is 2050. The molecule has 0 saturated heterocycles. The Morgan fingerprint density at radius 3 is 2.33 bits per heavy atom. The van der Waals surface area contributed by atoms with Crippen LogP contribution in [0.1, 0.15) is 0 Å². The van der Waals surface area contributed by atoms with Crippen LogP contribution in [0.25, 0.3) is 77.1 Å². The van der Waals surface area contributed by atoms with Gasteiger partial charge in [0.2, 0.25) is 0 Å². The van der Waals surface area contributed by atoms with Crippen molar-refractivity contribution in [3.05, 3.63) is 97.1 Å². The van der Waals surface area contributed by atoms with Crippen molar-refractivity contribution < 1.29 is 13.9 Å². The Morgan fingerprint density at radius 1 is 0.722 bits per heavy atom. The zero-order valence-corrected chi connectivity index (χ0v) is 19.4. The largest absolute Gasteiger partial charge is 0.456 e. The Hall–Kier alpha value is -4.83.